The van der Waals surface area contributed by atoms with E-state index < -0.39 is 17.6 Å². The maximum atomic E-state index is 13.6. The molecule has 4 nitrogen and oxygen atoms in total. The van der Waals surface area contributed by atoms with Gasteiger partial charge in [-0.1, -0.05) is 6.07 Å². The van der Waals surface area contributed by atoms with Gasteiger partial charge in [-0.3, -0.25) is 0 Å². The molecule has 0 saturated carbocycles. The number of carbonyl (C=O) groups is 1. The van der Waals surface area contributed by atoms with Crippen molar-refractivity contribution in [2.75, 3.05) is 12.8 Å². The molecule has 0 fully saturated rings. The molecule has 0 radical (unpaired) electrons. The molecule has 6 heteroatoms. The van der Waals surface area contributed by atoms with Gasteiger partial charge < -0.3 is 15.2 Å². The number of hydrogen-bond donors (Lipinski definition) is 1. The number of nitrogen functional groups attached to an aromatic ring is 1. The molecule has 0 atom stereocenters. The van der Waals surface area contributed by atoms with Gasteiger partial charge in [0.05, 0.1) is 12.8 Å². The number of rotatable bonds is 3. The highest BCUT2D eigenvalue weighted by Gasteiger charge is 2.18. The van der Waals surface area contributed by atoms with Crippen LogP contribution in [-0.4, -0.2) is 13.1 Å². The molecule has 0 amide bonds. The Balaban J connectivity index is 2.47. The normalized spacial score (nSPS) is 10.2. The molecule has 20 heavy (non-hydrogen) atoms. The monoisotopic (exact) mass is 279 g/mol. The van der Waals surface area contributed by atoms with Crippen LogP contribution in [0.3, 0.4) is 0 Å². The lowest BCUT2D eigenvalue weighted by molar-refractivity contribution is 0.0598. The van der Waals surface area contributed by atoms with Gasteiger partial charge >= 0.3 is 5.97 Å². The average Bonchev–Trinajstić information content (AvgIpc) is 2.44. The van der Waals surface area contributed by atoms with Crippen molar-refractivity contribution >= 4 is 11.7 Å². The Labute approximate surface area is 113 Å². The van der Waals surface area contributed by atoms with E-state index in [1.165, 1.54) is 25.3 Å². The summed E-state index contributed by atoms with van der Waals surface area (Å²) in [5.74, 6) is -2.58. The van der Waals surface area contributed by atoms with Crippen LogP contribution in [0.5, 0.6) is 11.5 Å². The predicted octanol–water partition coefficient (Wildman–Crippen LogP) is 3.13. The first kappa shape index (κ1) is 13.8. The minimum absolute atomic E-state index is 0.0242. The second-order valence-corrected chi connectivity index (χ2v) is 3.89. The van der Waals surface area contributed by atoms with Crippen molar-refractivity contribution in [2.24, 2.45) is 0 Å². The summed E-state index contributed by atoms with van der Waals surface area (Å²) in [4.78, 5) is 11.6. The standard InChI is InChI=1S/C14H11F2NO3/c1-19-14(18)9-3-2-4-11(17)13(9)20-12-7-8(15)5-6-10(12)16/h2-7H,17H2,1H3. The van der Waals surface area contributed by atoms with E-state index in [2.05, 4.69) is 4.74 Å². The van der Waals surface area contributed by atoms with Crippen LogP contribution in [0.15, 0.2) is 36.4 Å². The van der Waals surface area contributed by atoms with Gasteiger partial charge in [0.15, 0.2) is 17.3 Å². The van der Waals surface area contributed by atoms with E-state index in [-0.39, 0.29) is 22.7 Å². The van der Waals surface area contributed by atoms with Crippen molar-refractivity contribution < 1.29 is 23.0 Å². The fourth-order valence-electron chi connectivity index (χ4n) is 1.60. The van der Waals surface area contributed by atoms with Gasteiger partial charge in [0.25, 0.3) is 0 Å². The molecule has 104 valence electrons. The van der Waals surface area contributed by atoms with Gasteiger partial charge in [-0.15, -0.1) is 0 Å². The molecular formula is C14H11F2NO3. The lowest BCUT2D eigenvalue weighted by atomic mass is 10.1. The molecule has 2 aromatic carbocycles. The van der Waals surface area contributed by atoms with Crippen molar-refractivity contribution in [3.63, 3.8) is 0 Å². The number of methoxy groups -OCH3 is 1. The smallest absolute Gasteiger partial charge is 0.341 e. The molecule has 0 saturated heterocycles. The third-order valence-electron chi connectivity index (χ3n) is 2.56. The third-order valence-corrected chi connectivity index (χ3v) is 2.56. The van der Waals surface area contributed by atoms with Crippen LogP contribution in [-0.2, 0) is 4.74 Å². The van der Waals surface area contributed by atoms with Gasteiger partial charge in [-0.25, -0.2) is 13.6 Å². The minimum atomic E-state index is -0.773. The number of anilines is 1. The van der Waals surface area contributed by atoms with Crippen molar-refractivity contribution in [3.8, 4) is 11.5 Å². The first-order valence-electron chi connectivity index (χ1n) is 5.62. The fraction of sp³-hybridized carbons (Fsp3) is 0.0714. The summed E-state index contributed by atoms with van der Waals surface area (Å²) in [7, 11) is 1.19. The first-order chi connectivity index (χ1) is 9.52. The predicted molar refractivity (Wildman–Crippen MR) is 68.6 cm³/mol. The van der Waals surface area contributed by atoms with E-state index in [0.29, 0.717) is 0 Å². The highest BCUT2D eigenvalue weighted by molar-refractivity contribution is 5.94. The molecule has 0 bridgehead atoms. The fourth-order valence-corrected chi connectivity index (χ4v) is 1.60. The molecule has 0 aromatic heterocycles. The van der Waals surface area contributed by atoms with Crippen LogP contribution in [0, 0.1) is 11.6 Å². The SMILES string of the molecule is COC(=O)c1cccc(N)c1Oc1cc(F)ccc1F. The van der Waals surface area contributed by atoms with E-state index in [1.807, 2.05) is 0 Å². The Kier molecular flexibility index (Phi) is 3.84. The Morgan fingerprint density at radius 3 is 2.65 bits per heavy atom. The zero-order valence-electron chi connectivity index (χ0n) is 10.5. The second kappa shape index (κ2) is 5.56. The van der Waals surface area contributed by atoms with Gasteiger partial charge in [-0.2, -0.15) is 0 Å². The molecule has 0 unspecified atom stereocenters. The summed E-state index contributed by atoms with van der Waals surface area (Å²) >= 11 is 0. The van der Waals surface area contributed by atoms with Crippen LogP contribution in [0.4, 0.5) is 14.5 Å². The van der Waals surface area contributed by atoms with E-state index in [1.54, 1.807) is 0 Å². The summed E-state index contributed by atoms with van der Waals surface area (Å²) in [5, 5.41) is 0. The molecule has 0 aliphatic carbocycles. The molecule has 0 aliphatic heterocycles. The van der Waals surface area contributed by atoms with Gasteiger partial charge in [0.1, 0.15) is 11.4 Å². The highest BCUT2D eigenvalue weighted by atomic mass is 19.1. The Hall–Kier alpha value is -2.63. The van der Waals surface area contributed by atoms with Crippen molar-refractivity contribution in [2.45, 2.75) is 0 Å². The molecular weight excluding hydrogens is 268 g/mol. The van der Waals surface area contributed by atoms with Crippen LogP contribution >= 0.6 is 0 Å². The zero-order valence-corrected chi connectivity index (χ0v) is 10.5. The van der Waals surface area contributed by atoms with Crippen molar-refractivity contribution in [1.29, 1.82) is 0 Å². The number of esters is 1. The summed E-state index contributed by atoms with van der Waals surface area (Å²) in [6.07, 6.45) is 0. The Bertz CT molecular complexity index is 659. The number of carbonyl (C=O) groups excluding carboxylic acids is 1. The van der Waals surface area contributed by atoms with Gasteiger partial charge in [0.2, 0.25) is 0 Å². The maximum absolute atomic E-state index is 13.6. The Morgan fingerprint density at radius 2 is 1.95 bits per heavy atom. The largest absolute Gasteiger partial charge is 0.465 e. The summed E-state index contributed by atoms with van der Waals surface area (Å²) in [5.41, 5.74) is 5.83. The average molecular weight is 279 g/mol. The third kappa shape index (κ3) is 2.69. The van der Waals surface area contributed by atoms with Gasteiger partial charge in [0, 0.05) is 6.07 Å². The van der Waals surface area contributed by atoms with E-state index in [4.69, 9.17) is 10.5 Å². The van der Waals surface area contributed by atoms with E-state index in [0.717, 1.165) is 18.2 Å². The molecule has 2 aromatic rings. The van der Waals surface area contributed by atoms with Crippen LogP contribution in [0.2, 0.25) is 0 Å². The molecule has 0 aliphatic rings. The van der Waals surface area contributed by atoms with Crippen molar-refractivity contribution in [3.05, 3.63) is 53.6 Å². The number of nitrogens with two attached hydrogens (primary N) is 1. The molecule has 2 rings (SSSR count). The Morgan fingerprint density at radius 1 is 1.20 bits per heavy atom. The molecule has 0 spiro atoms. The van der Waals surface area contributed by atoms with Gasteiger partial charge in [-0.05, 0) is 24.3 Å². The number of ether oxygens (including phenoxy) is 2. The van der Waals surface area contributed by atoms with Crippen molar-refractivity contribution in [1.82, 2.24) is 0 Å². The second-order valence-electron chi connectivity index (χ2n) is 3.89. The lowest BCUT2D eigenvalue weighted by Gasteiger charge is -2.12. The number of halogens is 2. The van der Waals surface area contributed by atoms with E-state index >= 15 is 0 Å². The van der Waals surface area contributed by atoms with E-state index in [9.17, 15) is 13.6 Å². The van der Waals surface area contributed by atoms with Crippen LogP contribution in [0.25, 0.3) is 0 Å². The zero-order chi connectivity index (χ0) is 14.7. The first-order valence-corrected chi connectivity index (χ1v) is 5.62. The summed E-state index contributed by atoms with van der Waals surface area (Å²) < 4.78 is 36.5. The maximum Gasteiger partial charge on any atom is 0.341 e. The quantitative estimate of drug-likeness (QED) is 0.692. The summed E-state index contributed by atoms with van der Waals surface area (Å²) in [6.45, 7) is 0. The molecule has 2 N–H and O–H groups in total. The van der Waals surface area contributed by atoms with Crippen LogP contribution < -0.4 is 10.5 Å². The van der Waals surface area contributed by atoms with Crippen LogP contribution in [0.1, 0.15) is 10.4 Å². The summed E-state index contributed by atoms with van der Waals surface area (Å²) in [6, 6.07) is 7.15. The molecule has 0 heterocycles. The topological polar surface area (TPSA) is 61.5 Å². The number of hydrogen-bond acceptors (Lipinski definition) is 4. The number of benzene rings is 2. The lowest BCUT2D eigenvalue weighted by Crippen LogP contribution is -2.06. The highest BCUT2D eigenvalue weighted by Crippen LogP contribution is 2.33. The number of para-hydroxylation sites is 1. The minimum Gasteiger partial charge on any atom is -0.465 e.